The van der Waals surface area contributed by atoms with Gasteiger partial charge in [0.15, 0.2) is 0 Å². The standard InChI is InChI=1S/C16H25NO/c1-6-17-15-12(5)9-18-16-13(10(2)3)8-7-11(4)14(15)16/h7-8,10,12,15,17H,6,9H2,1-5H3. The molecular weight excluding hydrogens is 222 g/mol. The van der Waals surface area contributed by atoms with Gasteiger partial charge in [0.2, 0.25) is 0 Å². The Morgan fingerprint density at radius 1 is 1.39 bits per heavy atom. The minimum atomic E-state index is 0.428. The number of ether oxygens (including phenoxy) is 1. The molecule has 2 rings (SSSR count). The summed E-state index contributed by atoms with van der Waals surface area (Å²) in [5.41, 5.74) is 4.05. The van der Waals surface area contributed by atoms with Crippen LogP contribution in [0.15, 0.2) is 12.1 Å². The van der Waals surface area contributed by atoms with Crippen molar-refractivity contribution in [2.24, 2.45) is 5.92 Å². The molecule has 0 spiro atoms. The van der Waals surface area contributed by atoms with Gasteiger partial charge in [-0.05, 0) is 30.5 Å². The SMILES string of the molecule is CCNC1c2c(C)ccc(C(C)C)c2OCC1C. The topological polar surface area (TPSA) is 21.3 Å². The number of hydrogen-bond donors (Lipinski definition) is 1. The van der Waals surface area contributed by atoms with Gasteiger partial charge in [-0.1, -0.05) is 39.8 Å². The summed E-state index contributed by atoms with van der Waals surface area (Å²) in [6, 6.07) is 4.88. The normalized spacial score (nSPS) is 22.8. The number of nitrogens with one attached hydrogen (secondary N) is 1. The molecule has 2 heteroatoms. The van der Waals surface area contributed by atoms with E-state index in [0.717, 1.165) is 18.9 Å². The zero-order valence-corrected chi connectivity index (χ0v) is 12.2. The predicted octanol–water partition coefficient (Wildman–Crippen LogP) is 3.80. The van der Waals surface area contributed by atoms with E-state index in [1.165, 1.54) is 16.7 Å². The van der Waals surface area contributed by atoms with Crippen molar-refractivity contribution < 1.29 is 4.74 Å². The van der Waals surface area contributed by atoms with Gasteiger partial charge < -0.3 is 10.1 Å². The molecule has 0 amide bonds. The monoisotopic (exact) mass is 247 g/mol. The summed E-state index contributed by atoms with van der Waals surface area (Å²) in [5.74, 6) is 2.17. The molecule has 0 radical (unpaired) electrons. The molecule has 1 heterocycles. The number of rotatable bonds is 3. The first kappa shape index (κ1) is 13.4. The first-order valence-corrected chi connectivity index (χ1v) is 7.05. The summed E-state index contributed by atoms with van der Waals surface area (Å²) < 4.78 is 6.05. The lowest BCUT2D eigenvalue weighted by atomic mass is 9.85. The smallest absolute Gasteiger partial charge is 0.127 e. The largest absolute Gasteiger partial charge is 0.493 e. The van der Waals surface area contributed by atoms with Crippen molar-refractivity contribution in [2.45, 2.75) is 46.6 Å². The molecule has 18 heavy (non-hydrogen) atoms. The molecule has 0 aromatic heterocycles. The lowest BCUT2D eigenvalue weighted by molar-refractivity contribution is 0.187. The molecule has 0 fully saturated rings. The molecule has 1 aromatic rings. The van der Waals surface area contributed by atoms with Crippen LogP contribution in [0.2, 0.25) is 0 Å². The molecule has 0 saturated heterocycles. The maximum Gasteiger partial charge on any atom is 0.127 e. The Kier molecular flexibility index (Phi) is 3.96. The van der Waals surface area contributed by atoms with E-state index in [1.807, 2.05) is 0 Å². The van der Waals surface area contributed by atoms with Gasteiger partial charge >= 0.3 is 0 Å². The average molecular weight is 247 g/mol. The van der Waals surface area contributed by atoms with Crippen LogP contribution in [0.4, 0.5) is 0 Å². The number of benzene rings is 1. The third-order valence-electron chi connectivity index (χ3n) is 3.86. The Labute approximate surface area is 111 Å². The predicted molar refractivity (Wildman–Crippen MR) is 76.3 cm³/mol. The van der Waals surface area contributed by atoms with E-state index in [9.17, 15) is 0 Å². The minimum Gasteiger partial charge on any atom is -0.493 e. The highest BCUT2D eigenvalue weighted by Gasteiger charge is 2.30. The summed E-state index contributed by atoms with van der Waals surface area (Å²) in [7, 11) is 0. The molecule has 2 nitrogen and oxygen atoms in total. The van der Waals surface area contributed by atoms with E-state index in [4.69, 9.17) is 4.74 Å². The zero-order chi connectivity index (χ0) is 13.3. The quantitative estimate of drug-likeness (QED) is 0.877. The Morgan fingerprint density at radius 3 is 2.72 bits per heavy atom. The van der Waals surface area contributed by atoms with E-state index in [-0.39, 0.29) is 0 Å². The van der Waals surface area contributed by atoms with E-state index in [2.05, 4.69) is 52.1 Å². The maximum atomic E-state index is 6.05. The fraction of sp³-hybridized carbons (Fsp3) is 0.625. The maximum absolute atomic E-state index is 6.05. The van der Waals surface area contributed by atoms with Gasteiger partial charge in [-0.15, -0.1) is 0 Å². The molecule has 0 bridgehead atoms. The van der Waals surface area contributed by atoms with Crippen LogP contribution in [0.25, 0.3) is 0 Å². The minimum absolute atomic E-state index is 0.428. The van der Waals surface area contributed by atoms with Crippen molar-refractivity contribution >= 4 is 0 Å². The summed E-state index contributed by atoms with van der Waals surface area (Å²) >= 11 is 0. The van der Waals surface area contributed by atoms with Crippen LogP contribution in [-0.2, 0) is 0 Å². The van der Waals surface area contributed by atoms with E-state index < -0.39 is 0 Å². The van der Waals surface area contributed by atoms with Crippen molar-refractivity contribution in [1.82, 2.24) is 5.32 Å². The van der Waals surface area contributed by atoms with Crippen LogP contribution in [0.1, 0.15) is 56.3 Å². The molecule has 1 N–H and O–H groups in total. The molecule has 100 valence electrons. The van der Waals surface area contributed by atoms with Gasteiger partial charge in [0.05, 0.1) is 6.61 Å². The van der Waals surface area contributed by atoms with Crippen molar-refractivity contribution in [2.75, 3.05) is 13.2 Å². The number of fused-ring (bicyclic) bond motifs is 1. The van der Waals surface area contributed by atoms with Crippen LogP contribution in [-0.4, -0.2) is 13.2 Å². The second kappa shape index (κ2) is 5.31. The third kappa shape index (κ3) is 2.26. The molecular formula is C16H25NO. The van der Waals surface area contributed by atoms with Crippen LogP contribution in [0, 0.1) is 12.8 Å². The third-order valence-corrected chi connectivity index (χ3v) is 3.86. The van der Waals surface area contributed by atoms with E-state index >= 15 is 0 Å². The summed E-state index contributed by atoms with van der Waals surface area (Å²) in [4.78, 5) is 0. The first-order chi connectivity index (χ1) is 8.56. The van der Waals surface area contributed by atoms with Gasteiger partial charge in [-0.3, -0.25) is 0 Å². The van der Waals surface area contributed by atoms with Crippen LogP contribution < -0.4 is 10.1 Å². The highest BCUT2D eigenvalue weighted by molar-refractivity contribution is 5.50. The Hall–Kier alpha value is -1.02. The highest BCUT2D eigenvalue weighted by Crippen LogP contribution is 2.42. The zero-order valence-electron chi connectivity index (χ0n) is 12.2. The Bertz CT molecular complexity index is 425. The number of hydrogen-bond acceptors (Lipinski definition) is 2. The molecule has 2 atom stereocenters. The van der Waals surface area contributed by atoms with Gasteiger partial charge in [-0.2, -0.15) is 0 Å². The van der Waals surface area contributed by atoms with Crippen molar-refractivity contribution in [1.29, 1.82) is 0 Å². The second-order valence-electron chi connectivity index (χ2n) is 5.69. The fourth-order valence-corrected chi connectivity index (χ4v) is 2.84. The van der Waals surface area contributed by atoms with Gasteiger partial charge in [0.1, 0.15) is 5.75 Å². The lowest BCUT2D eigenvalue weighted by Gasteiger charge is -2.35. The Balaban J connectivity index is 2.53. The lowest BCUT2D eigenvalue weighted by Crippen LogP contribution is -2.35. The summed E-state index contributed by atoms with van der Waals surface area (Å²) in [5, 5.41) is 3.62. The van der Waals surface area contributed by atoms with E-state index in [0.29, 0.717) is 17.9 Å². The van der Waals surface area contributed by atoms with Crippen LogP contribution in [0.5, 0.6) is 5.75 Å². The second-order valence-corrected chi connectivity index (χ2v) is 5.69. The van der Waals surface area contributed by atoms with Crippen LogP contribution in [0.3, 0.4) is 0 Å². The van der Waals surface area contributed by atoms with Crippen molar-refractivity contribution in [3.05, 3.63) is 28.8 Å². The Morgan fingerprint density at radius 2 is 2.11 bits per heavy atom. The van der Waals surface area contributed by atoms with Crippen molar-refractivity contribution in [3.8, 4) is 5.75 Å². The molecule has 1 aliphatic rings. The highest BCUT2D eigenvalue weighted by atomic mass is 16.5. The van der Waals surface area contributed by atoms with Gasteiger partial charge in [-0.25, -0.2) is 0 Å². The summed E-state index contributed by atoms with van der Waals surface area (Å²) in [6.07, 6.45) is 0. The van der Waals surface area contributed by atoms with Crippen LogP contribution >= 0.6 is 0 Å². The molecule has 0 saturated carbocycles. The first-order valence-electron chi connectivity index (χ1n) is 7.05. The van der Waals surface area contributed by atoms with E-state index in [1.54, 1.807) is 0 Å². The van der Waals surface area contributed by atoms with Gasteiger partial charge in [0, 0.05) is 17.5 Å². The molecule has 1 aliphatic heterocycles. The fourth-order valence-electron chi connectivity index (χ4n) is 2.84. The number of aryl methyl sites for hydroxylation is 1. The summed E-state index contributed by atoms with van der Waals surface area (Å²) in [6.45, 7) is 12.9. The molecule has 0 aliphatic carbocycles. The molecule has 2 unspecified atom stereocenters. The average Bonchev–Trinajstić information content (AvgIpc) is 2.32. The van der Waals surface area contributed by atoms with Crippen molar-refractivity contribution in [3.63, 3.8) is 0 Å². The molecule has 1 aromatic carbocycles. The van der Waals surface area contributed by atoms with Gasteiger partial charge in [0.25, 0.3) is 0 Å².